The van der Waals surface area contributed by atoms with Crippen molar-refractivity contribution in [3.63, 3.8) is 0 Å². The van der Waals surface area contributed by atoms with Crippen LogP contribution in [0.25, 0.3) is 0 Å². The van der Waals surface area contributed by atoms with Crippen LogP contribution < -0.4 is 5.32 Å². The van der Waals surface area contributed by atoms with Gasteiger partial charge < -0.3 is 5.32 Å². The summed E-state index contributed by atoms with van der Waals surface area (Å²) in [6.45, 7) is 0. The molecule has 1 aromatic carbocycles. The molecule has 0 aliphatic rings. The molecule has 16 heavy (non-hydrogen) atoms. The molecule has 0 unspecified atom stereocenters. The fourth-order valence-corrected chi connectivity index (χ4v) is 1.95. The summed E-state index contributed by atoms with van der Waals surface area (Å²) in [6, 6.07) is 7.88. The minimum absolute atomic E-state index is 0.296. The number of pyridine rings is 1. The van der Waals surface area contributed by atoms with Crippen LogP contribution in [0, 0.1) is 5.82 Å². The Bertz CT molecular complexity index is 519. The van der Waals surface area contributed by atoms with Gasteiger partial charge in [0.15, 0.2) is 0 Å². The molecule has 0 spiro atoms. The average molecular weight is 302 g/mol. The van der Waals surface area contributed by atoms with Gasteiger partial charge in [0.1, 0.15) is 11.6 Å². The molecule has 2 nitrogen and oxygen atoms in total. The molecule has 0 aliphatic heterocycles. The first-order valence-corrected chi connectivity index (χ1v) is 5.66. The van der Waals surface area contributed by atoms with Gasteiger partial charge in [0, 0.05) is 11.9 Å². The molecule has 2 aromatic rings. The molecule has 5 heteroatoms. The lowest BCUT2D eigenvalue weighted by molar-refractivity contribution is 0.628. The number of aromatic nitrogens is 1. The van der Waals surface area contributed by atoms with E-state index in [9.17, 15) is 4.39 Å². The molecular formula is C11H7BrClFN2. The molecule has 1 heterocycles. The topological polar surface area (TPSA) is 24.9 Å². The van der Waals surface area contributed by atoms with E-state index < -0.39 is 0 Å². The van der Waals surface area contributed by atoms with Crippen LogP contribution in [0.4, 0.5) is 15.9 Å². The smallest absolute Gasteiger partial charge is 0.144 e. The number of anilines is 2. The number of benzene rings is 1. The van der Waals surface area contributed by atoms with Gasteiger partial charge >= 0.3 is 0 Å². The molecule has 0 fully saturated rings. The SMILES string of the molecule is Fc1cccc(Nc2ncc(Cl)cc2Br)c1. The van der Waals surface area contributed by atoms with Crippen LogP contribution in [0.1, 0.15) is 0 Å². The maximum Gasteiger partial charge on any atom is 0.144 e. The van der Waals surface area contributed by atoms with Gasteiger partial charge in [-0.1, -0.05) is 17.7 Å². The van der Waals surface area contributed by atoms with Crippen molar-refractivity contribution in [3.05, 3.63) is 51.8 Å². The van der Waals surface area contributed by atoms with Crippen LogP contribution in [-0.4, -0.2) is 4.98 Å². The van der Waals surface area contributed by atoms with Crippen LogP contribution in [0.15, 0.2) is 41.0 Å². The lowest BCUT2D eigenvalue weighted by Crippen LogP contribution is -1.94. The second-order valence-corrected chi connectivity index (χ2v) is 4.41. The Balaban J connectivity index is 2.27. The molecule has 2 rings (SSSR count). The van der Waals surface area contributed by atoms with Crippen molar-refractivity contribution >= 4 is 39.0 Å². The van der Waals surface area contributed by atoms with Crippen molar-refractivity contribution in [2.24, 2.45) is 0 Å². The molecule has 0 saturated heterocycles. The quantitative estimate of drug-likeness (QED) is 0.890. The minimum Gasteiger partial charge on any atom is -0.339 e. The number of rotatable bonds is 2. The highest BCUT2D eigenvalue weighted by Gasteiger charge is 2.03. The molecule has 82 valence electrons. The van der Waals surface area contributed by atoms with Gasteiger partial charge in [-0.25, -0.2) is 9.37 Å². The third kappa shape index (κ3) is 2.71. The van der Waals surface area contributed by atoms with Crippen molar-refractivity contribution in [2.75, 3.05) is 5.32 Å². The van der Waals surface area contributed by atoms with E-state index in [4.69, 9.17) is 11.6 Å². The Labute approximate surface area is 106 Å². The average Bonchev–Trinajstić information content (AvgIpc) is 2.22. The summed E-state index contributed by atoms with van der Waals surface area (Å²) in [4.78, 5) is 4.09. The number of nitrogens with zero attached hydrogens (tertiary/aromatic N) is 1. The zero-order chi connectivity index (χ0) is 11.5. The van der Waals surface area contributed by atoms with Gasteiger partial charge in [-0.15, -0.1) is 0 Å². The summed E-state index contributed by atoms with van der Waals surface area (Å²) in [5, 5.41) is 3.52. The molecular weight excluding hydrogens is 294 g/mol. The standard InChI is InChI=1S/C11H7BrClFN2/c12-10-4-7(13)6-15-11(10)16-9-3-1-2-8(14)5-9/h1-6H,(H,15,16). The van der Waals surface area contributed by atoms with Gasteiger partial charge in [-0.2, -0.15) is 0 Å². The van der Waals surface area contributed by atoms with E-state index in [-0.39, 0.29) is 5.82 Å². The Morgan fingerprint density at radius 1 is 1.31 bits per heavy atom. The fraction of sp³-hybridized carbons (Fsp3) is 0. The van der Waals surface area contributed by atoms with Gasteiger partial charge in [0.05, 0.1) is 9.50 Å². The second-order valence-electron chi connectivity index (χ2n) is 3.12. The number of hydrogen-bond acceptors (Lipinski definition) is 2. The molecule has 0 saturated carbocycles. The highest BCUT2D eigenvalue weighted by Crippen LogP contribution is 2.26. The second kappa shape index (κ2) is 4.80. The summed E-state index contributed by atoms with van der Waals surface area (Å²) >= 11 is 9.08. The largest absolute Gasteiger partial charge is 0.339 e. The Morgan fingerprint density at radius 2 is 2.12 bits per heavy atom. The molecule has 0 bridgehead atoms. The summed E-state index contributed by atoms with van der Waals surface area (Å²) in [7, 11) is 0. The lowest BCUT2D eigenvalue weighted by Gasteiger charge is -2.07. The third-order valence-electron chi connectivity index (χ3n) is 1.90. The molecule has 1 N–H and O–H groups in total. The molecule has 0 radical (unpaired) electrons. The molecule has 0 aliphatic carbocycles. The molecule has 0 amide bonds. The summed E-state index contributed by atoms with van der Waals surface area (Å²) in [5.74, 6) is 0.296. The first-order valence-electron chi connectivity index (χ1n) is 4.49. The van der Waals surface area contributed by atoms with Crippen LogP contribution in [0.5, 0.6) is 0 Å². The van der Waals surface area contributed by atoms with Crippen molar-refractivity contribution in [1.82, 2.24) is 4.98 Å². The van der Waals surface area contributed by atoms with Crippen LogP contribution >= 0.6 is 27.5 Å². The predicted molar refractivity (Wildman–Crippen MR) is 66.6 cm³/mol. The third-order valence-corrected chi connectivity index (χ3v) is 2.71. The van der Waals surface area contributed by atoms with Gasteiger partial charge in [-0.05, 0) is 40.2 Å². The maximum atomic E-state index is 12.9. The van der Waals surface area contributed by atoms with E-state index in [0.717, 1.165) is 4.47 Å². The number of nitrogens with one attached hydrogen (secondary N) is 1. The predicted octanol–water partition coefficient (Wildman–Crippen LogP) is 4.38. The lowest BCUT2D eigenvalue weighted by atomic mass is 10.3. The summed E-state index contributed by atoms with van der Waals surface area (Å²) in [5.41, 5.74) is 0.635. The van der Waals surface area contributed by atoms with Crippen molar-refractivity contribution in [1.29, 1.82) is 0 Å². The van der Waals surface area contributed by atoms with Gasteiger partial charge in [-0.3, -0.25) is 0 Å². The van der Waals surface area contributed by atoms with E-state index >= 15 is 0 Å². The van der Waals surface area contributed by atoms with Gasteiger partial charge in [0.2, 0.25) is 0 Å². The van der Waals surface area contributed by atoms with Crippen molar-refractivity contribution in [2.45, 2.75) is 0 Å². The van der Waals surface area contributed by atoms with Crippen molar-refractivity contribution in [3.8, 4) is 0 Å². The fourth-order valence-electron chi connectivity index (χ4n) is 1.21. The monoisotopic (exact) mass is 300 g/mol. The normalized spacial score (nSPS) is 10.2. The van der Waals surface area contributed by atoms with E-state index in [1.165, 1.54) is 18.3 Å². The zero-order valence-corrected chi connectivity index (χ0v) is 10.4. The highest BCUT2D eigenvalue weighted by molar-refractivity contribution is 9.10. The minimum atomic E-state index is -0.296. The maximum absolute atomic E-state index is 12.9. The van der Waals surface area contributed by atoms with E-state index in [2.05, 4.69) is 26.2 Å². The van der Waals surface area contributed by atoms with E-state index in [1.54, 1.807) is 18.2 Å². The van der Waals surface area contributed by atoms with E-state index in [0.29, 0.717) is 16.5 Å². The Morgan fingerprint density at radius 3 is 2.81 bits per heavy atom. The zero-order valence-electron chi connectivity index (χ0n) is 8.05. The number of halogens is 3. The van der Waals surface area contributed by atoms with Crippen molar-refractivity contribution < 1.29 is 4.39 Å². The van der Waals surface area contributed by atoms with Crippen LogP contribution in [0.3, 0.4) is 0 Å². The Kier molecular flexibility index (Phi) is 3.41. The van der Waals surface area contributed by atoms with Gasteiger partial charge in [0.25, 0.3) is 0 Å². The first kappa shape index (κ1) is 11.4. The summed E-state index contributed by atoms with van der Waals surface area (Å²) < 4.78 is 13.7. The van der Waals surface area contributed by atoms with E-state index in [1.807, 2.05) is 0 Å². The molecule has 1 aromatic heterocycles. The van der Waals surface area contributed by atoms with Crippen LogP contribution in [-0.2, 0) is 0 Å². The molecule has 0 atom stereocenters. The van der Waals surface area contributed by atoms with Crippen LogP contribution in [0.2, 0.25) is 5.02 Å². The first-order chi connectivity index (χ1) is 7.65. The Hall–Kier alpha value is -1.13. The number of hydrogen-bond donors (Lipinski definition) is 1. The summed E-state index contributed by atoms with van der Waals surface area (Å²) in [6.07, 6.45) is 1.52. The highest BCUT2D eigenvalue weighted by atomic mass is 79.9.